The van der Waals surface area contributed by atoms with Crippen molar-refractivity contribution < 1.29 is 0 Å². The van der Waals surface area contributed by atoms with E-state index in [9.17, 15) is 0 Å². The molecule has 0 saturated heterocycles. The molecule has 0 amide bonds. The van der Waals surface area contributed by atoms with Crippen molar-refractivity contribution >= 4 is 28.1 Å². The number of hydrogen-bond donors (Lipinski definition) is 1. The molecule has 2 aromatic heterocycles. The maximum absolute atomic E-state index is 4.42. The Balaban J connectivity index is 1.80. The smallest absolute Gasteiger partial charge is 0.137 e. The molecule has 100 valence electrons. The zero-order valence-corrected chi connectivity index (χ0v) is 11.7. The summed E-state index contributed by atoms with van der Waals surface area (Å²) >= 11 is 1.65. The molecule has 1 aliphatic rings. The van der Waals surface area contributed by atoms with Gasteiger partial charge in [-0.2, -0.15) is 0 Å². The van der Waals surface area contributed by atoms with Crippen LogP contribution in [-0.2, 0) is 0 Å². The molecular formula is C15H14N4S. The van der Waals surface area contributed by atoms with Gasteiger partial charge in [-0.1, -0.05) is 6.07 Å². The maximum Gasteiger partial charge on any atom is 0.137 e. The SMILES string of the molecule is c1nc(NC2CCC2)c2cc(-c3cncs3)ccc2n1. The van der Waals surface area contributed by atoms with Crippen LogP contribution in [0.4, 0.5) is 5.82 Å². The summed E-state index contributed by atoms with van der Waals surface area (Å²) in [5, 5.41) is 4.62. The number of hydrogen-bond acceptors (Lipinski definition) is 5. The van der Waals surface area contributed by atoms with E-state index in [4.69, 9.17) is 0 Å². The number of anilines is 1. The number of thiazole rings is 1. The molecule has 0 atom stereocenters. The highest BCUT2D eigenvalue weighted by Gasteiger charge is 2.18. The van der Waals surface area contributed by atoms with Crippen LogP contribution in [-0.4, -0.2) is 21.0 Å². The highest BCUT2D eigenvalue weighted by atomic mass is 32.1. The number of benzene rings is 1. The Bertz CT molecular complexity index is 735. The van der Waals surface area contributed by atoms with Gasteiger partial charge < -0.3 is 5.32 Å². The van der Waals surface area contributed by atoms with Crippen LogP contribution in [0.5, 0.6) is 0 Å². The molecule has 1 aromatic carbocycles. The second-order valence-electron chi connectivity index (χ2n) is 5.09. The fourth-order valence-corrected chi connectivity index (χ4v) is 3.05. The lowest BCUT2D eigenvalue weighted by atomic mass is 9.93. The molecule has 2 heterocycles. The predicted molar refractivity (Wildman–Crippen MR) is 81.9 cm³/mol. The molecule has 0 aliphatic heterocycles. The van der Waals surface area contributed by atoms with Gasteiger partial charge in [-0.3, -0.25) is 4.98 Å². The van der Waals surface area contributed by atoms with Gasteiger partial charge in [0, 0.05) is 17.6 Å². The first kappa shape index (κ1) is 11.8. The Morgan fingerprint density at radius 2 is 2.15 bits per heavy atom. The van der Waals surface area contributed by atoms with Gasteiger partial charge in [-0.05, 0) is 37.0 Å². The first-order valence-corrected chi connectivity index (χ1v) is 7.68. The standard InChI is InChI=1S/C15H14N4S/c1-2-11(3-1)19-15-12-6-10(14-7-16-9-20-14)4-5-13(12)17-8-18-15/h4-9,11H,1-3H2,(H,17,18,19). The zero-order valence-electron chi connectivity index (χ0n) is 10.9. The summed E-state index contributed by atoms with van der Waals surface area (Å²) in [6.07, 6.45) is 7.32. The molecule has 0 bridgehead atoms. The van der Waals surface area contributed by atoms with Crippen molar-refractivity contribution in [3.8, 4) is 10.4 Å². The summed E-state index contributed by atoms with van der Waals surface area (Å²) in [5.74, 6) is 0.950. The number of nitrogens with one attached hydrogen (secondary N) is 1. The van der Waals surface area contributed by atoms with Crippen LogP contribution in [0.1, 0.15) is 19.3 Å². The molecule has 5 heteroatoms. The third-order valence-electron chi connectivity index (χ3n) is 3.80. The summed E-state index contributed by atoms with van der Waals surface area (Å²) < 4.78 is 0. The van der Waals surface area contributed by atoms with Crippen LogP contribution >= 0.6 is 11.3 Å². The van der Waals surface area contributed by atoms with Crippen molar-refractivity contribution in [2.24, 2.45) is 0 Å². The lowest BCUT2D eigenvalue weighted by molar-refractivity contribution is 0.445. The van der Waals surface area contributed by atoms with Gasteiger partial charge in [0.15, 0.2) is 0 Å². The van der Waals surface area contributed by atoms with Crippen molar-refractivity contribution in [3.63, 3.8) is 0 Å². The van der Waals surface area contributed by atoms with Gasteiger partial charge in [0.05, 0.1) is 15.9 Å². The van der Waals surface area contributed by atoms with E-state index in [1.165, 1.54) is 29.7 Å². The fourth-order valence-electron chi connectivity index (χ4n) is 2.43. The summed E-state index contributed by atoms with van der Waals surface area (Å²) in [6.45, 7) is 0. The van der Waals surface area contributed by atoms with Crippen molar-refractivity contribution in [3.05, 3.63) is 36.2 Å². The van der Waals surface area contributed by atoms with E-state index < -0.39 is 0 Å². The van der Waals surface area contributed by atoms with E-state index in [2.05, 4.69) is 38.5 Å². The minimum atomic E-state index is 0.570. The molecule has 1 fully saturated rings. The summed E-state index contributed by atoms with van der Waals surface area (Å²) in [4.78, 5) is 14.1. The van der Waals surface area contributed by atoms with E-state index >= 15 is 0 Å². The summed E-state index contributed by atoms with van der Waals surface area (Å²) in [6, 6.07) is 6.87. The Morgan fingerprint density at radius 1 is 1.20 bits per heavy atom. The first-order valence-electron chi connectivity index (χ1n) is 6.80. The minimum Gasteiger partial charge on any atom is -0.367 e. The molecule has 3 aromatic rings. The van der Waals surface area contributed by atoms with E-state index in [1.54, 1.807) is 17.7 Å². The van der Waals surface area contributed by atoms with Crippen LogP contribution in [0.3, 0.4) is 0 Å². The number of rotatable bonds is 3. The van der Waals surface area contributed by atoms with Crippen LogP contribution in [0.25, 0.3) is 21.3 Å². The Kier molecular flexibility index (Phi) is 2.85. The van der Waals surface area contributed by atoms with Crippen LogP contribution < -0.4 is 5.32 Å². The van der Waals surface area contributed by atoms with Crippen molar-refractivity contribution in [2.45, 2.75) is 25.3 Å². The lowest BCUT2D eigenvalue weighted by Gasteiger charge is -2.27. The average molecular weight is 282 g/mol. The second-order valence-corrected chi connectivity index (χ2v) is 5.98. The summed E-state index contributed by atoms with van der Waals surface area (Å²) in [5.41, 5.74) is 4.01. The van der Waals surface area contributed by atoms with Crippen LogP contribution in [0.15, 0.2) is 36.2 Å². The zero-order chi connectivity index (χ0) is 13.4. The van der Waals surface area contributed by atoms with Gasteiger partial charge in [-0.25, -0.2) is 9.97 Å². The normalized spacial score (nSPS) is 15.2. The fraction of sp³-hybridized carbons (Fsp3) is 0.267. The Morgan fingerprint density at radius 3 is 2.90 bits per heavy atom. The van der Waals surface area contributed by atoms with Gasteiger partial charge in [0.1, 0.15) is 12.1 Å². The molecule has 1 N–H and O–H groups in total. The second kappa shape index (κ2) is 4.83. The molecule has 0 unspecified atom stereocenters. The number of nitrogens with zero attached hydrogens (tertiary/aromatic N) is 3. The third kappa shape index (κ3) is 2.04. The van der Waals surface area contributed by atoms with E-state index in [0.717, 1.165) is 16.7 Å². The molecule has 0 radical (unpaired) electrons. The topological polar surface area (TPSA) is 50.7 Å². The number of fused-ring (bicyclic) bond motifs is 1. The third-order valence-corrected chi connectivity index (χ3v) is 4.62. The van der Waals surface area contributed by atoms with Crippen molar-refractivity contribution in [1.29, 1.82) is 0 Å². The average Bonchev–Trinajstić information content (AvgIpc) is 2.96. The van der Waals surface area contributed by atoms with E-state index in [1.807, 2.05) is 11.7 Å². The minimum absolute atomic E-state index is 0.570. The van der Waals surface area contributed by atoms with E-state index in [-0.39, 0.29) is 0 Å². The van der Waals surface area contributed by atoms with Crippen molar-refractivity contribution in [1.82, 2.24) is 15.0 Å². The molecule has 20 heavy (non-hydrogen) atoms. The highest BCUT2D eigenvalue weighted by Crippen LogP contribution is 2.30. The van der Waals surface area contributed by atoms with Gasteiger partial charge in [-0.15, -0.1) is 11.3 Å². The summed E-state index contributed by atoms with van der Waals surface area (Å²) in [7, 11) is 0. The van der Waals surface area contributed by atoms with Crippen LogP contribution in [0.2, 0.25) is 0 Å². The molecule has 4 nitrogen and oxygen atoms in total. The molecular weight excluding hydrogens is 268 g/mol. The Hall–Kier alpha value is -2.01. The maximum atomic E-state index is 4.42. The highest BCUT2D eigenvalue weighted by molar-refractivity contribution is 7.13. The first-order chi connectivity index (χ1) is 9.90. The lowest BCUT2D eigenvalue weighted by Crippen LogP contribution is -2.27. The largest absolute Gasteiger partial charge is 0.367 e. The van der Waals surface area contributed by atoms with E-state index in [0.29, 0.717) is 6.04 Å². The predicted octanol–water partition coefficient (Wildman–Crippen LogP) is 3.72. The molecule has 4 rings (SSSR count). The molecule has 1 saturated carbocycles. The van der Waals surface area contributed by atoms with Gasteiger partial charge in [0.2, 0.25) is 0 Å². The number of aromatic nitrogens is 3. The molecule has 0 spiro atoms. The molecule has 1 aliphatic carbocycles. The van der Waals surface area contributed by atoms with Crippen LogP contribution in [0, 0.1) is 0 Å². The van der Waals surface area contributed by atoms with Gasteiger partial charge >= 0.3 is 0 Å². The quantitative estimate of drug-likeness (QED) is 0.795. The monoisotopic (exact) mass is 282 g/mol. The van der Waals surface area contributed by atoms with Gasteiger partial charge in [0.25, 0.3) is 0 Å². The van der Waals surface area contributed by atoms with Crippen molar-refractivity contribution in [2.75, 3.05) is 5.32 Å². The Labute approximate surface area is 120 Å².